The molecule has 2 rings (SSSR count). The molecule has 144 valence electrons. The van der Waals surface area contributed by atoms with Gasteiger partial charge in [-0.3, -0.25) is 9.35 Å². The van der Waals surface area contributed by atoms with Crippen molar-refractivity contribution in [2.24, 2.45) is 17.3 Å². The number of alkyl halides is 3. The Bertz CT molecular complexity index is 693. The molecular formula is C14H19F3O7S. The Morgan fingerprint density at radius 3 is 2.44 bits per heavy atom. The highest BCUT2D eigenvalue weighted by atomic mass is 32.2. The minimum Gasteiger partial charge on any atom is -0.459 e. The third-order valence-electron chi connectivity index (χ3n) is 5.03. The fourth-order valence-corrected chi connectivity index (χ4v) is 4.36. The van der Waals surface area contributed by atoms with Crippen molar-refractivity contribution in [3.8, 4) is 0 Å². The Kier molecular flexibility index (Phi) is 4.66. The van der Waals surface area contributed by atoms with Crippen LogP contribution in [-0.2, 0) is 29.2 Å². The predicted octanol–water partition coefficient (Wildman–Crippen LogP) is 1.72. The van der Waals surface area contributed by atoms with E-state index in [1.165, 1.54) is 0 Å². The molecule has 1 heterocycles. The second-order valence-electron chi connectivity index (χ2n) is 7.02. The maximum atomic E-state index is 13.5. The maximum Gasteiger partial charge on any atom is 0.403 e. The van der Waals surface area contributed by atoms with Crippen LogP contribution in [0, 0.1) is 17.3 Å². The fourth-order valence-electron chi connectivity index (χ4n) is 3.97. The van der Waals surface area contributed by atoms with Crippen LogP contribution in [0.25, 0.3) is 0 Å². The quantitative estimate of drug-likeness (QED) is 0.545. The molecule has 0 aromatic rings. The van der Waals surface area contributed by atoms with Gasteiger partial charge < -0.3 is 9.47 Å². The van der Waals surface area contributed by atoms with Gasteiger partial charge in [0.1, 0.15) is 6.61 Å². The molecule has 1 aliphatic carbocycles. The molecule has 0 radical (unpaired) electrons. The van der Waals surface area contributed by atoms with Gasteiger partial charge in [0.2, 0.25) is 11.8 Å². The van der Waals surface area contributed by atoms with E-state index in [0.29, 0.717) is 6.42 Å². The number of hydrogen-bond donors (Lipinski definition) is 1. The molecule has 25 heavy (non-hydrogen) atoms. The highest BCUT2D eigenvalue weighted by Crippen LogP contribution is 2.60. The lowest BCUT2D eigenvalue weighted by molar-refractivity contribution is -0.184. The van der Waals surface area contributed by atoms with Gasteiger partial charge in [-0.15, -0.1) is 0 Å². The lowest BCUT2D eigenvalue weighted by atomic mass is 9.72. The van der Waals surface area contributed by atoms with E-state index in [4.69, 9.17) is 9.29 Å². The van der Waals surface area contributed by atoms with Crippen LogP contribution in [0.15, 0.2) is 0 Å². The molecule has 2 bridgehead atoms. The van der Waals surface area contributed by atoms with E-state index in [0.717, 1.165) is 0 Å². The van der Waals surface area contributed by atoms with Crippen molar-refractivity contribution in [2.75, 3.05) is 6.61 Å². The van der Waals surface area contributed by atoms with E-state index >= 15 is 0 Å². The van der Waals surface area contributed by atoms with Gasteiger partial charge in [0.05, 0.1) is 5.41 Å². The molecule has 11 heteroatoms. The first-order chi connectivity index (χ1) is 11.2. The summed E-state index contributed by atoms with van der Waals surface area (Å²) in [4.78, 5) is 24.5. The number of hydrogen-bond acceptors (Lipinski definition) is 6. The number of ether oxygens (including phenoxy) is 2. The molecule has 4 unspecified atom stereocenters. The van der Waals surface area contributed by atoms with Crippen LogP contribution in [0.1, 0.15) is 33.6 Å². The molecule has 0 aromatic heterocycles. The summed E-state index contributed by atoms with van der Waals surface area (Å²) in [5, 5.41) is -5.13. The lowest BCUT2D eigenvalue weighted by Crippen LogP contribution is -2.48. The van der Waals surface area contributed by atoms with Crippen molar-refractivity contribution < 1.29 is 45.2 Å². The van der Waals surface area contributed by atoms with Crippen LogP contribution in [0.5, 0.6) is 0 Å². The van der Waals surface area contributed by atoms with E-state index in [-0.39, 0.29) is 12.3 Å². The van der Waals surface area contributed by atoms with Gasteiger partial charge in [0.25, 0.3) is 0 Å². The summed E-state index contributed by atoms with van der Waals surface area (Å²) in [5.41, 5.74) is -2.63. The van der Waals surface area contributed by atoms with E-state index in [1.54, 1.807) is 20.8 Å². The second kappa shape index (κ2) is 5.83. The van der Waals surface area contributed by atoms with Crippen molar-refractivity contribution in [3.05, 3.63) is 0 Å². The van der Waals surface area contributed by atoms with Crippen LogP contribution in [0.3, 0.4) is 0 Å². The normalized spacial score (nSPS) is 33.4. The van der Waals surface area contributed by atoms with Gasteiger partial charge in [-0.1, -0.05) is 13.8 Å². The summed E-state index contributed by atoms with van der Waals surface area (Å²) < 4.78 is 78.9. The van der Waals surface area contributed by atoms with Crippen molar-refractivity contribution in [2.45, 2.75) is 50.6 Å². The predicted molar refractivity (Wildman–Crippen MR) is 76.8 cm³/mol. The lowest BCUT2D eigenvalue weighted by Gasteiger charge is -2.30. The Balaban J connectivity index is 2.17. The van der Waals surface area contributed by atoms with Crippen LogP contribution in [-0.4, -0.2) is 48.5 Å². The molecule has 0 aromatic carbocycles. The zero-order chi connectivity index (χ0) is 19.4. The molecular weight excluding hydrogens is 369 g/mol. The first kappa shape index (κ1) is 20.0. The third kappa shape index (κ3) is 2.80. The highest BCUT2D eigenvalue weighted by Gasteiger charge is 2.72. The van der Waals surface area contributed by atoms with Crippen molar-refractivity contribution >= 4 is 22.1 Å². The Labute approximate surface area is 142 Å². The molecule has 7 nitrogen and oxygen atoms in total. The minimum atomic E-state index is -6.01. The van der Waals surface area contributed by atoms with Gasteiger partial charge >= 0.3 is 27.3 Å². The zero-order valence-electron chi connectivity index (χ0n) is 13.8. The van der Waals surface area contributed by atoms with E-state index in [9.17, 15) is 31.2 Å². The SMILES string of the molecule is CC(C)C1C2(C)CCC1(C(=O)OCC(F)C(F)(F)S(=O)(=O)O)OC2=O. The van der Waals surface area contributed by atoms with Crippen molar-refractivity contribution in [1.29, 1.82) is 0 Å². The molecule has 2 fully saturated rings. The molecule has 1 aliphatic heterocycles. The summed E-state index contributed by atoms with van der Waals surface area (Å²) in [6, 6.07) is 0. The van der Waals surface area contributed by atoms with Gasteiger partial charge in [-0.05, 0) is 25.7 Å². The van der Waals surface area contributed by atoms with E-state index in [1.807, 2.05) is 0 Å². The van der Waals surface area contributed by atoms with Crippen LogP contribution in [0.2, 0.25) is 0 Å². The van der Waals surface area contributed by atoms with Gasteiger partial charge in [0, 0.05) is 5.92 Å². The van der Waals surface area contributed by atoms with Gasteiger partial charge in [0.15, 0.2) is 0 Å². The van der Waals surface area contributed by atoms with Crippen molar-refractivity contribution in [1.82, 2.24) is 0 Å². The zero-order valence-corrected chi connectivity index (χ0v) is 14.6. The minimum absolute atomic E-state index is 0.0998. The molecule has 2 aliphatic rings. The topological polar surface area (TPSA) is 107 Å². The summed E-state index contributed by atoms with van der Waals surface area (Å²) in [6.07, 6.45) is -3.04. The van der Waals surface area contributed by atoms with Gasteiger partial charge in [-0.2, -0.15) is 17.2 Å². The third-order valence-corrected chi connectivity index (χ3v) is 5.97. The van der Waals surface area contributed by atoms with Crippen LogP contribution in [0.4, 0.5) is 13.2 Å². The molecule has 0 spiro atoms. The number of esters is 2. The smallest absolute Gasteiger partial charge is 0.403 e. The molecule has 0 amide bonds. The molecule has 1 saturated heterocycles. The second-order valence-corrected chi connectivity index (χ2v) is 8.52. The molecule has 1 N–H and O–H groups in total. The number of rotatable bonds is 6. The summed E-state index contributed by atoms with van der Waals surface area (Å²) >= 11 is 0. The summed E-state index contributed by atoms with van der Waals surface area (Å²) in [5.74, 6) is -2.59. The fraction of sp³-hybridized carbons (Fsp3) is 0.857. The molecule has 4 atom stereocenters. The Hall–Kier alpha value is -1.36. The van der Waals surface area contributed by atoms with E-state index < -0.39 is 57.0 Å². The largest absolute Gasteiger partial charge is 0.459 e. The number of fused-ring (bicyclic) bond motifs is 2. The average molecular weight is 388 g/mol. The summed E-state index contributed by atoms with van der Waals surface area (Å²) in [7, 11) is -6.01. The van der Waals surface area contributed by atoms with E-state index in [2.05, 4.69) is 4.74 Å². The summed E-state index contributed by atoms with van der Waals surface area (Å²) in [6.45, 7) is 3.53. The monoisotopic (exact) mass is 388 g/mol. The molecule has 1 saturated carbocycles. The average Bonchev–Trinajstić information content (AvgIpc) is 2.89. The Morgan fingerprint density at radius 1 is 1.44 bits per heavy atom. The number of carbonyl (C=O) groups excluding carboxylic acids is 2. The first-order valence-corrected chi connectivity index (χ1v) is 9.03. The number of carbonyl (C=O) groups is 2. The highest BCUT2D eigenvalue weighted by molar-refractivity contribution is 7.86. The van der Waals surface area contributed by atoms with Crippen LogP contribution < -0.4 is 0 Å². The van der Waals surface area contributed by atoms with Gasteiger partial charge in [-0.25, -0.2) is 9.18 Å². The standard InChI is InChI=1S/C14H19F3O7S/c1-7(2)9-12(3)4-5-13(9,24-10(12)18)11(19)23-6-8(15)14(16,17)25(20,21)22/h7-9H,4-6H2,1-3H3,(H,20,21,22). The Morgan fingerprint density at radius 2 is 2.00 bits per heavy atom. The first-order valence-electron chi connectivity index (χ1n) is 7.59. The van der Waals surface area contributed by atoms with Crippen LogP contribution >= 0.6 is 0 Å². The number of halogens is 3. The van der Waals surface area contributed by atoms with Crippen molar-refractivity contribution in [3.63, 3.8) is 0 Å². The maximum absolute atomic E-state index is 13.5.